The van der Waals surface area contributed by atoms with Crippen molar-refractivity contribution in [2.24, 2.45) is 0 Å². The summed E-state index contributed by atoms with van der Waals surface area (Å²) in [5, 5.41) is 0. The van der Waals surface area contributed by atoms with E-state index in [1.165, 1.54) is 9.60 Å². The van der Waals surface area contributed by atoms with Gasteiger partial charge >= 0.3 is 53.6 Å². The standard InChI is InChI=1S/C9H13OP.C6H5.Pd/c1-8(7-11-10)9-5-3-2-4-6-9;1-2-4-6-5-3-1;/h2-6,8H,7,11H2,1H3;1-5H;. The average molecular weight is 352 g/mol. The first-order valence-corrected chi connectivity index (χ1v) is 7.96. The maximum absolute atomic E-state index is 10.4. The molecule has 0 saturated heterocycles. The van der Waals surface area contributed by atoms with Crippen LogP contribution in [0.3, 0.4) is 0 Å². The van der Waals surface area contributed by atoms with Crippen molar-refractivity contribution in [3.05, 3.63) is 66.2 Å². The fraction of sp³-hybridized carbons (Fsp3) is 0.200. The van der Waals surface area contributed by atoms with Gasteiger partial charge in [-0.3, -0.25) is 0 Å². The minimum absolute atomic E-state index is 0.448. The predicted molar refractivity (Wildman–Crippen MR) is 76.2 cm³/mol. The number of benzene rings is 2. The van der Waals surface area contributed by atoms with Gasteiger partial charge in [0.15, 0.2) is 0 Å². The van der Waals surface area contributed by atoms with Crippen molar-refractivity contribution in [2.45, 2.75) is 12.8 Å². The van der Waals surface area contributed by atoms with E-state index in [1.807, 2.05) is 48.5 Å². The van der Waals surface area contributed by atoms with Crippen molar-refractivity contribution in [3.8, 4) is 0 Å². The Kier molecular flexibility index (Phi) is 7.94. The van der Waals surface area contributed by atoms with Crippen LogP contribution in [0.25, 0.3) is 0 Å². The molecule has 0 aliphatic heterocycles. The van der Waals surface area contributed by atoms with Crippen LogP contribution in [-0.2, 0) is 23.8 Å². The summed E-state index contributed by atoms with van der Waals surface area (Å²) in [6, 6.07) is 20.2. The van der Waals surface area contributed by atoms with Gasteiger partial charge < -0.3 is 4.57 Å². The molecule has 0 heterocycles. The zero-order valence-electron chi connectivity index (χ0n) is 10.4. The Morgan fingerprint density at radius 3 is 1.89 bits per heavy atom. The fourth-order valence-electron chi connectivity index (χ4n) is 1.46. The molecule has 3 heteroatoms. The van der Waals surface area contributed by atoms with Crippen LogP contribution in [0.2, 0.25) is 0 Å². The van der Waals surface area contributed by atoms with Gasteiger partial charge in [0.25, 0.3) is 0 Å². The summed E-state index contributed by atoms with van der Waals surface area (Å²) in [5.41, 5.74) is 1.29. The molecule has 99 valence electrons. The quantitative estimate of drug-likeness (QED) is 0.612. The molecular formula is C15H18OPPd. The van der Waals surface area contributed by atoms with E-state index < -0.39 is 8.46 Å². The summed E-state index contributed by atoms with van der Waals surface area (Å²) in [6.07, 6.45) is 0.823. The van der Waals surface area contributed by atoms with Gasteiger partial charge in [-0.15, -0.1) is 0 Å². The number of hydrogen-bond donors (Lipinski definition) is 0. The van der Waals surface area contributed by atoms with E-state index in [0.717, 1.165) is 6.16 Å². The molecule has 0 fully saturated rings. The molecule has 0 aromatic heterocycles. The monoisotopic (exact) mass is 351 g/mol. The second-order valence-electron chi connectivity index (χ2n) is 3.97. The van der Waals surface area contributed by atoms with Crippen LogP contribution in [0.1, 0.15) is 18.4 Å². The first kappa shape index (κ1) is 15.4. The molecule has 0 radical (unpaired) electrons. The summed E-state index contributed by atoms with van der Waals surface area (Å²) >= 11 is 3.07. The minimum atomic E-state index is -0.607. The van der Waals surface area contributed by atoms with Crippen molar-refractivity contribution >= 4 is 12.5 Å². The van der Waals surface area contributed by atoms with Crippen LogP contribution in [0.15, 0.2) is 60.7 Å². The molecule has 2 atom stereocenters. The molecule has 2 aromatic rings. The topological polar surface area (TPSA) is 17.1 Å². The Morgan fingerprint density at radius 2 is 1.50 bits per heavy atom. The van der Waals surface area contributed by atoms with Crippen LogP contribution >= 0.6 is 8.46 Å². The predicted octanol–water partition coefficient (Wildman–Crippen LogP) is 3.41. The van der Waals surface area contributed by atoms with Gasteiger partial charge in [-0.25, -0.2) is 0 Å². The molecule has 2 aromatic carbocycles. The van der Waals surface area contributed by atoms with E-state index in [0.29, 0.717) is 5.92 Å². The van der Waals surface area contributed by atoms with Crippen molar-refractivity contribution in [1.82, 2.24) is 0 Å². The molecule has 18 heavy (non-hydrogen) atoms. The Bertz CT molecular complexity index is 445. The first-order chi connectivity index (χ1) is 8.74. The molecule has 0 saturated carbocycles. The molecule has 0 spiro atoms. The van der Waals surface area contributed by atoms with Gasteiger partial charge in [-0.1, -0.05) is 37.3 Å². The van der Waals surface area contributed by atoms with E-state index >= 15 is 0 Å². The van der Waals surface area contributed by atoms with E-state index in [2.05, 4.69) is 38.3 Å². The molecule has 0 N–H and O–H groups in total. The summed E-state index contributed by atoms with van der Waals surface area (Å²) in [4.78, 5) is 0. The summed E-state index contributed by atoms with van der Waals surface area (Å²) in [7, 11) is -0.607. The van der Waals surface area contributed by atoms with Crippen LogP contribution < -0.4 is 4.04 Å². The molecule has 2 rings (SSSR count). The molecular weight excluding hydrogens is 334 g/mol. The second-order valence-corrected chi connectivity index (χ2v) is 5.68. The zero-order valence-corrected chi connectivity index (χ0v) is 13.1. The van der Waals surface area contributed by atoms with E-state index in [-0.39, 0.29) is 0 Å². The third-order valence-electron chi connectivity index (χ3n) is 2.53. The molecule has 0 aliphatic rings. The Morgan fingerprint density at radius 1 is 1.00 bits per heavy atom. The first-order valence-electron chi connectivity index (χ1n) is 5.90. The van der Waals surface area contributed by atoms with Crippen molar-refractivity contribution < 1.29 is 23.8 Å². The van der Waals surface area contributed by atoms with Gasteiger partial charge in [-0.05, 0) is 11.5 Å². The zero-order chi connectivity index (χ0) is 13.2. The molecule has 1 nitrogen and oxygen atoms in total. The maximum atomic E-state index is 10.4. The molecule has 0 amide bonds. The molecule has 2 unspecified atom stereocenters. The fourth-order valence-corrected chi connectivity index (χ4v) is 2.32. The number of rotatable bonds is 3. The normalized spacial score (nSPS) is 11.9. The van der Waals surface area contributed by atoms with Gasteiger partial charge in [0.2, 0.25) is 0 Å². The third-order valence-corrected chi connectivity index (χ3v) is 3.95. The van der Waals surface area contributed by atoms with E-state index in [4.69, 9.17) is 0 Å². The van der Waals surface area contributed by atoms with Crippen LogP contribution in [0.5, 0.6) is 0 Å². The SMILES string of the molecule is CC(C[PH2]=O)c1ccccc1.[Pd][c]1ccccc1. The van der Waals surface area contributed by atoms with E-state index in [1.54, 1.807) is 0 Å². The van der Waals surface area contributed by atoms with Crippen LogP contribution in [0.4, 0.5) is 0 Å². The molecule has 0 aliphatic carbocycles. The summed E-state index contributed by atoms with van der Waals surface area (Å²) < 4.78 is 11.6. The van der Waals surface area contributed by atoms with Gasteiger partial charge in [0, 0.05) is 6.16 Å². The summed E-state index contributed by atoms with van der Waals surface area (Å²) in [6.45, 7) is 2.11. The van der Waals surface area contributed by atoms with Crippen molar-refractivity contribution in [1.29, 1.82) is 0 Å². The van der Waals surface area contributed by atoms with Gasteiger partial charge in [-0.2, -0.15) is 0 Å². The number of hydrogen-bond acceptors (Lipinski definition) is 1. The van der Waals surface area contributed by atoms with Gasteiger partial charge in [0.1, 0.15) is 0 Å². The van der Waals surface area contributed by atoms with Crippen molar-refractivity contribution in [2.75, 3.05) is 6.16 Å². The average Bonchev–Trinajstić information content (AvgIpc) is 2.42. The van der Waals surface area contributed by atoms with E-state index in [9.17, 15) is 4.57 Å². The summed E-state index contributed by atoms with van der Waals surface area (Å²) in [5.74, 6) is 0.448. The Hall–Kier alpha value is -0.668. The van der Waals surface area contributed by atoms with Crippen molar-refractivity contribution in [3.63, 3.8) is 0 Å². The Labute approximate surface area is 121 Å². The Balaban J connectivity index is 0.000000199. The van der Waals surface area contributed by atoms with Crippen LogP contribution in [-0.4, -0.2) is 6.16 Å². The third kappa shape index (κ3) is 6.32. The second kappa shape index (κ2) is 9.29. The molecule has 0 bridgehead atoms. The van der Waals surface area contributed by atoms with Gasteiger partial charge in [0.05, 0.1) is 8.46 Å². The van der Waals surface area contributed by atoms with Crippen LogP contribution in [0, 0.1) is 0 Å².